The van der Waals surface area contributed by atoms with E-state index in [1.807, 2.05) is 0 Å². The van der Waals surface area contributed by atoms with Gasteiger partial charge in [0, 0.05) is 31.7 Å². The molecule has 0 aliphatic carbocycles. The Morgan fingerprint density at radius 2 is 2.24 bits per heavy atom. The lowest BCUT2D eigenvalue weighted by Crippen LogP contribution is -2.45. The van der Waals surface area contributed by atoms with Gasteiger partial charge in [0.1, 0.15) is 0 Å². The highest BCUT2D eigenvalue weighted by Gasteiger charge is 2.16. The van der Waals surface area contributed by atoms with Crippen molar-refractivity contribution in [1.29, 1.82) is 0 Å². The van der Waals surface area contributed by atoms with Crippen LogP contribution in [0.3, 0.4) is 0 Å². The molecule has 2 atom stereocenters. The molecule has 2 saturated heterocycles. The first kappa shape index (κ1) is 13.3. The number of hydrogen-bond acceptors (Lipinski definition) is 4. The van der Waals surface area contributed by atoms with Crippen LogP contribution in [0.1, 0.15) is 26.2 Å². The lowest BCUT2D eigenvalue weighted by atomic mass is 10.1. The van der Waals surface area contributed by atoms with Gasteiger partial charge in [-0.1, -0.05) is 0 Å². The van der Waals surface area contributed by atoms with E-state index in [9.17, 15) is 0 Å². The highest BCUT2D eigenvalue weighted by molar-refractivity contribution is 4.76. The summed E-state index contributed by atoms with van der Waals surface area (Å²) < 4.78 is 5.47. The van der Waals surface area contributed by atoms with Crippen molar-refractivity contribution in [3.63, 3.8) is 0 Å². The molecule has 2 aliphatic rings. The van der Waals surface area contributed by atoms with Crippen LogP contribution in [0, 0.1) is 0 Å². The number of nitrogens with zero attached hydrogens (tertiary/aromatic N) is 1. The highest BCUT2D eigenvalue weighted by atomic mass is 16.5. The van der Waals surface area contributed by atoms with Crippen LogP contribution < -0.4 is 10.6 Å². The summed E-state index contributed by atoms with van der Waals surface area (Å²) in [6.45, 7) is 9.95. The minimum atomic E-state index is 0.540. The summed E-state index contributed by atoms with van der Waals surface area (Å²) in [7, 11) is 0. The second kappa shape index (κ2) is 7.31. The Kier molecular flexibility index (Phi) is 5.71. The number of likely N-dealkylation sites (tertiary alicyclic amines) is 1. The van der Waals surface area contributed by atoms with Crippen molar-refractivity contribution in [2.24, 2.45) is 0 Å². The van der Waals surface area contributed by atoms with Crippen molar-refractivity contribution >= 4 is 0 Å². The summed E-state index contributed by atoms with van der Waals surface area (Å²) in [6.07, 6.45) is 3.94. The van der Waals surface area contributed by atoms with Gasteiger partial charge in [-0.25, -0.2) is 0 Å². The summed E-state index contributed by atoms with van der Waals surface area (Å²) in [5.74, 6) is 0. The summed E-state index contributed by atoms with van der Waals surface area (Å²) in [5, 5.41) is 7.13. The Morgan fingerprint density at radius 3 is 2.94 bits per heavy atom. The predicted molar refractivity (Wildman–Crippen MR) is 70.4 cm³/mol. The summed E-state index contributed by atoms with van der Waals surface area (Å²) >= 11 is 0. The van der Waals surface area contributed by atoms with E-state index in [1.54, 1.807) is 0 Å². The van der Waals surface area contributed by atoms with Gasteiger partial charge in [0.05, 0.1) is 13.2 Å². The molecule has 0 saturated carbocycles. The number of hydrogen-bond donors (Lipinski definition) is 2. The van der Waals surface area contributed by atoms with Gasteiger partial charge < -0.3 is 20.3 Å². The van der Waals surface area contributed by atoms with Gasteiger partial charge in [-0.15, -0.1) is 0 Å². The van der Waals surface area contributed by atoms with E-state index < -0.39 is 0 Å². The van der Waals surface area contributed by atoms with Crippen molar-refractivity contribution in [2.45, 2.75) is 38.3 Å². The van der Waals surface area contributed by atoms with E-state index in [-0.39, 0.29) is 0 Å². The zero-order chi connectivity index (χ0) is 11.9. The number of ether oxygens (including phenoxy) is 1. The standard InChI is InChI=1S/C13H27N3O/c1-12(10-13-11-17-9-5-15-13)14-4-8-16-6-2-3-7-16/h12-15H,2-11H2,1H3. The Hall–Kier alpha value is -0.160. The molecule has 100 valence electrons. The lowest BCUT2D eigenvalue weighted by molar-refractivity contribution is 0.0711. The SMILES string of the molecule is CC(CC1COCCN1)NCCN1CCCC1. The Morgan fingerprint density at radius 1 is 1.41 bits per heavy atom. The van der Waals surface area contributed by atoms with Gasteiger partial charge in [0.25, 0.3) is 0 Å². The molecule has 2 heterocycles. The largest absolute Gasteiger partial charge is 0.379 e. The van der Waals surface area contributed by atoms with Crippen molar-refractivity contribution in [3.8, 4) is 0 Å². The van der Waals surface area contributed by atoms with E-state index in [2.05, 4.69) is 22.5 Å². The highest BCUT2D eigenvalue weighted by Crippen LogP contribution is 2.06. The second-order valence-electron chi connectivity index (χ2n) is 5.37. The molecule has 0 bridgehead atoms. The molecule has 2 rings (SSSR count). The fraction of sp³-hybridized carbons (Fsp3) is 1.00. The molecule has 0 aromatic carbocycles. The molecule has 4 heteroatoms. The molecule has 2 fully saturated rings. The number of morpholine rings is 1. The van der Waals surface area contributed by atoms with E-state index in [0.29, 0.717) is 12.1 Å². The quantitative estimate of drug-likeness (QED) is 0.707. The van der Waals surface area contributed by atoms with E-state index in [0.717, 1.165) is 26.3 Å². The Balaban J connectivity index is 1.52. The van der Waals surface area contributed by atoms with Gasteiger partial charge >= 0.3 is 0 Å². The monoisotopic (exact) mass is 241 g/mol. The van der Waals surface area contributed by atoms with Gasteiger partial charge in [-0.2, -0.15) is 0 Å². The Bertz CT molecular complexity index is 201. The smallest absolute Gasteiger partial charge is 0.0620 e. The number of rotatable bonds is 6. The van der Waals surface area contributed by atoms with E-state index in [4.69, 9.17) is 4.74 Å². The average Bonchev–Trinajstić information content (AvgIpc) is 2.83. The number of nitrogens with one attached hydrogen (secondary N) is 2. The summed E-state index contributed by atoms with van der Waals surface area (Å²) in [6, 6.07) is 1.12. The zero-order valence-corrected chi connectivity index (χ0v) is 11.1. The van der Waals surface area contributed by atoms with Gasteiger partial charge in [0.2, 0.25) is 0 Å². The lowest BCUT2D eigenvalue weighted by Gasteiger charge is -2.27. The third-order valence-electron chi connectivity index (χ3n) is 3.76. The molecule has 2 N–H and O–H groups in total. The summed E-state index contributed by atoms with van der Waals surface area (Å²) in [5.41, 5.74) is 0. The molecule has 4 nitrogen and oxygen atoms in total. The maximum Gasteiger partial charge on any atom is 0.0620 e. The minimum Gasteiger partial charge on any atom is -0.379 e. The Labute approximate surface area is 105 Å². The van der Waals surface area contributed by atoms with Crippen LogP contribution in [-0.2, 0) is 4.74 Å². The fourth-order valence-corrected chi connectivity index (χ4v) is 2.76. The zero-order valence-electron chi connectivity index (χ0n) is 11.1. The average molecular weight is 241 g/mol. The van der Waals surface area contributed by atoms with Crippen LogP contribution in [0.5, 0.6) is 0 Å². The molecule has 0 spiro atoms. The molecular weight excluding hydrogens is 214 g/mol. The third kappa shape index (κ3) is 4.92. The first-order valence-electron chi connectivity index (χ1n) is 7.11. The molecule has 2 aliphatic heterocycles. The predicted octanol–water partition coefficient (Wildman–Crippen LogP) is 0.439. The van der Waals surface area contributed by atoms with Crippen molar-refractivity contribution in [2.75, 3.05) is 45.9 Å². The molecule has 0 aromatic rings. The van der Waals surface area contributed by atoms with Crippen molar-refractivity contribution in [1.82, 2.24) is 15.5 Å². The van der Waals surface area contributed by atoms with Crippen LogP contribution in [0.15, 0.2) is 0 Å². The molecule has 0 aromatic heterocycles. The van der Waals surface area contributed by atoms with Crippen LogP contribution in [0.4, 0.5) is 0 Å². The fourth-order valence-electron chi connectivity index (χ4n) is 2.76. The van der Waals surface area contributed by atoms with Crippen LogP contribution in [0.2, 0.25) is 0 Å². The first-order valence-corrected chi connectivity index (χ1v) is 7.11. The molecular formula is C13H27N3O. The first-order chi connectivity index (χ1) is 8.34. The minimum absolute atomic E-state index is 0.540. The van der Waals surface area contributed by atoms with Crippen molar-refractivity contribution < 1.29 is 4.74 Å². The van der Waals surface area contributed by atoms with Gasteiger partial charge in [-0.05, 0) is 39.3 Å². The van der Waals surface area contributed by atoms with Gasteiger partial charge in [-0.3, -0.25) is 0 Å². The van der Waals surface area contributed by atoms with Crippen LogP contribution in [0.25, 0.3) is 0 Å². The molecule has 0 radical (unpaired) electrons. The second-order valence-corrected chi connectivity index (χ2v) is 5.37. The maximum absolute atomic E-state index is 5.47. The normalized spacial score (nSPS) is 28.4. The van der Waals surface area contributed by atoms with E-state index >= 15 is 0 Å². The topological polar surface area (TPSA) is 36.5 Å². The maximum atomic E-state index is 5.47. The third-order valence-corrected chi connectivity index (χ3v) is 3.76. The van der Waals surface area contributed by atoms with Crippen LogP contribution in [-0.4, -0.2) is 62.9 Å². The summed E-state index contributed by atoms with van der Waals surface area (Å²) in [4.78, 5) is 2.56. The van der Waals surface area contributed by atoms with Crippen molar-refractivity contribution in [3.05, 3.63) is 0 Å². The molecule has 0 amide bonds. The van der Waals surface area contributed by atoms with E-state index in [1.165, 1.54) is 38.9 Å². The molecule has 2 unspecified atom stereocenters. The van der Waals surface area contributed by atoms with Gasteiger partial charge in [0.15, 0.2) is 0 Å². The van der Waals surface area contributed by atoms with Crippen LogP contribution >= 0.6 is 0 Å². The molecule has 17 heavy (non-hydrogen) atoms.